The highest BCUT2D eigenvalue weighted by Gasteiger charge is 2.38. The predicted molar refractivity (Wildman–Crippen MR) is 53.0 cm³/mol. The molecule has 14 heavy (non-hydrogen) atoms. The van der Waals surface area contributed by atoms with Crippen molar-refractivity contribution in [1.29, 1.82) is 0 Å². The molecule has 0 bridgehead atoms. The molecule has 0 spiro atoms. The van der Waals surface area contributed by atoms with Gasteiger partial charge < -0.3 is 10.3 Å². The van der Waals surface area contributed by atoms with Gasteiger partial charge in [0.2, 0.25) is 0 Å². The van der Waals surface area contributed by atoms with E-state index in [9.17, 15) is 0 Å². The first-order chi connectivity index (χ1) is 6.77. The van der Waals surface area contributed by atoms with Crippen LogP contribution in [0.5, 0.6) is 0 Å². The van der Waals surface area contributed by atoms with Crippen molar-refractivity contribution in [2.75, 3.05) is 0 Å². The molecule has 0 amide bonds. The second-order valence-electron chi connectivity index (χ2n) is 4.86. The molecule has 3 nitrogen and oxygen atoms in total. The zero-order valence-corrected chi connectivity index (χ0v) is 8.33. The minimum Gasteiger partial charge on any atom is -0.364 e. The highest BCUT2D eigenvalue weighted by atomic mass is 16.5. The van der Waals surface area contributed by atoms with Crippen LogP contribution in [-0.2, 0) is 6.42 Å². The van der Waals surface area contributed by atoms with Gasteiger partial charge in [0, 0.05) is 17.0 Å². The van der Waals surface area contributed by atoms with Gasteiger partial charge in [0.1, 0.15) is 6.26 Å². The molecule has 1 heterocycles. The van der Waals surface area contributed by atoms with Crippen LogP contribution in [0.4, 0.5) is 0 Å². The van der Waals surface area contributed by atoms with Crippen molar-refractivity contribution in [3.05, 3.63) is 17.5 Å². The molecule has 0 saturated heterocycles. The van der Waals surface area contributed by atoms with Crippen molar-refractivity contribution in [3.63, 3.8) is 0 Å². The van der Waals surface area contributed by atoms with E-state index < -0.39 is 0 Å². The molecule has 2 aliphatic rings. The lowest BCUT2D eigenvalue weighted by molar-refractivity contribution is 0.411. The first-order valence-corrected chi connectivity index (χ1v) is 5.49. The minimum atomic E-state index is 0.151. The Labute approximate surface area is 83.6 Å². The summed E-state index contributed by atoms with van der Waals surface area (Å²) in [5, 5.41) is 4.08. The number of rotatable bonds is 4. The average Bonchev–Trinajstić information content (AvgIpc) is 3.08. The van der Waals surface area contributed by atoms with Gasteiger partial charge in [0.05, 0.1) is 5.69 Å². The first-order valence-electron chi connectivity index (χ1n) is 5.49. The van der Waals surface area contributed by atoms with Gasteiger partial charge in [-0.3, -0.25) is 0 Å². The molecule has 3 rings (SSSR count). The lowest BCUT2D eigenvalue weighted by Gasteiger charge is -2.06. The van der Waals surface area contributed by atoms with E-state index in [1.54, 1.807) is 6.26 Å². The number of hydrogen-bond acceptors (Lipinski definition) is 3. The Balaban J connectivity index is 1.66. The number of nitrogens with zero attached hydrogens (tertiary/aromatic N) is 1. The first kappa shape index (κ1) is 8.48. The second kappa shape index (κ2) is 2.83. The van der Waals surface area contributed by atoms with Crippen LogP contribution >= 0.6 is 0 Å². The molecule has 2 saturated carbocycles. The molecule has 0 atom stereocenters. The molecular formula is C11H16N2O. The molecule has 0 aliphatic heterocycles. The standard InChI is InChI=1S/C11H16N2O/c12-11(5-6-11)4-3-9-7-14-13-10(9)8-1-2-8/h7-8H,1-6,12H2. The van der Waals surface area contributed by atoms with Crippen LogP contribution in [0.3, 0.4) is 0 Å². The Morgan fingerprint density at radius 1 is 1.50 bits per heavy atom. The van der Waals surface area contributed by atoms with Gasteiger partial charge in [0.15, 0.2) is 0 Å². The Morgan fingerprint density at radius 2 is 2.29 bits per heavy atom. The number of aryl methyl sites for hydroxylation is 1. The van der Waals surface area contributed by atoms with Crippen LogP contribution in [0.15, 0.2) is 10.8 Å². The maximum atomic E-state index is 6.05. The van der Waals surface area contributed by atoms with Crippen molar-refractivity contribution >= 4 is 0 Å². The van der Waals surface area contributed by atoms with Gasteiger partial charge in [-0.2, -0.15) is 0 Å². The molecule has 0 radical (unpaired) electrons. The van der Waals surface area contributed by atoms with E-state index in [1.165, 1.54) is 36.9 Å². The molecule has 0 unspecified atom stereocenters. The predicted octanol–water partition coefficient (Wildman–Crippen LogP) is 1.98. The smallest absolute Gasteiger partial charge is 0.127 e. The molecule has 76 valence electrons. The highest BCUT2D eigenvalue weighted by Crippen LogP contribution is 2.42. The molecule has 0 aromatic carbocycles. The molecule has 2 fully saturated rings. The van der Waals surface area contributed by atoms with Gasteiger partial charge in [-0.1, -0.05) is 5.16 Å². The van der Waals surface area contributed by atoms with Crippen LogP contribution in [-0.4, -0.2) is 10.7 Å². The summed E-state index contributed by atoms with van der Waals surface area (Å²) in [5.41, 5.74) is 8.70. The van der Waals surface area contributed by atoms with Gasteiger partial charge >= 0.3 is 0 Å². The Bertz CT molecular complexity index is 337. The largest absolute Gasteiger partial charge is 0.364 e. The second-order valence-corrected chi connectivity index (χ2v) is 4.86. The molecule has 1 aromatic rings. The molecular weight excluding hydrogens is 176 g/mol. The fraction of sp³-hybridized carbons (Fsp3) is 0.727. The Morgan fingerprint density at radius 3 is 2.93 bits per heavy atom. The Kier molecular flexibility index (Phi) is 1.71. The van der Waals surface area contributed by atoms with Gasteiger partial charge in [0.25, 0.3) is 0 Å². The van der Waals surface area contributed by atoms with Crippen molar-refractivity contribution < 1.29 is 4.52 Å². The monoisotopic (exact) mass is 192 g/mol. The number of hydrogen-bond donors (Lipinski definition) is 1. The lowest BCUT2D eigenvalue weighted by Crippen LogP contribution is -2.22. The van der Waals surface area contributed by atoms with Crippen LogP contribution in [0.25, 0.3) is 0 Å². The van der Waals surface area contributed by atoms with E-state index >= 15 is 0 Å². The summed E-state index contributed by atoms with van der Waals surface area (Å²) < 4.78 is 5.04. The number of aromatic nitrogens is 1. The summed E-state index contributed by atoms with van der Waals surface area (Å²) >= 11 is 0. The van der Waals surface area contributed by atoms with E-state index in [2.05, 4.69) is 5.16 Å². The average molecular weight is 192 g/mol. The van der Waals surface area contributed by atoms with Crippen LogP contribution in [0, 0.1) is 0 Å². The summed E-state index contributed by atoms with van der Waals surface area (Å²) in [6.45, 7) is 0. The zero-order valence-electron chi connectivity index (χ0n) is 8.33. The van der Waals surface area contributed by atoms with E-state index in [4.69, 9.17) is 10.3 Å². The zero-order chi connectivity index (χ0) is 9.60. The van der Waals surface area contributed by atoms with Gasteiger partial charge in [-0.15, -0.1) is 0 Å². The normalized spacial score (nSPS) is 23.8. The summed E-state index contributed by atoms with van der Waals surface area (Å²) in [7, 11) is 0. The summed E-state index contributed by atoms with van der Waals surface area (Å²) in [4.78, 5) is 0. The third kappa shape index (κ3) is 1.57. The van der Waals surface area contributed by atoms with Crippen LogP contribution in [0.1, 0.15) is 49.3 Å². The van der Waals surface area contributed by atoms with Gasteiger partial charge in [-0.05, 0) is 38.5 Å². The fourth-order valence-electron chi connectivity index (χ4n) is 1.94. The Hall–Kier alpha value is -0.830. The van der Waals surface area contributed by atoms with Crippen LogP contribution < -0.4 is 5.73 Å². The quantitative estimate of drug-likeness (QED) is 0.793. The molecule has 3 heteroatoms. The van der Waals surface area contributed by atoms with E-state index in [-0.39, 0.29) is 5.54 Å². The summed E-state index contributed by atoms with van der Waals surface area (Å²) in [6.07, 6.45) is 8.90. The highest BCUT2D eigenvalue weighted by molar-refractivity contribution is 5.23. The molecule has 2 aliphatic carbocycles. The molecule has 1 aromatic heterocycles. The lowest BCUT2D eigenvalue weighted by atomic mass is 10.0. The maximum Gasteiger partial charge on any atom is 0.127 e. The van der Waals surface area contributed by atoms with Crippen molar-refractivity contribution in [3.8, 4) is 0 Å². The number of nitrogens with two attached hydrogens (primary N) is 1. The fourth-order valence-corrected chi connectivity index (χ4v) is 1.94. The van der Waals surface area contributed by atoms with E-state index in [1.807, 2.05) is 0 Å². The van der Waals surface area contributed by atoms with Crippen molar-refractivity contribution in [1.82, 2.24) is 5.16 Å². The van der Waals surface area contributed by atoms with Gasteiger partial charge in [-0.25, -0.2) is 0 Å². The maximum absolute atomic E-state index is 6.05. The van der Waals surface area contributed by atoms with E-state index in [0.717, 1.165) is 12.8 Å². The van der Waals surface area contributed by atoms with Crippen LogP contribution in [0.2, 0.25) is 0 Å². The van der Waals surface area contributed by atoms with E-state index in [0.29, 0.717) is 5.92 Å². The third-order valence-corrected chi connectivity index (χ3v) is 3.42. The molecule has 2 N–H and O–H groups in total. The van der Waals surface area contributed by atoms with Crippen molar-refractivity contribution in [2.24, 2.45) is 5.73 Å². The summed E-state index contributed by atoms with van der Waals surface area (Å²) in [6, 6.07) is 0. The SMILES string of the molecule is NC1(CCc2conc2C2CC2)CC1. The summed E-state index contributed by atoms with van der Waals surface area (Å²) in [5.74, 6) is 0.691. The minimum absolute atomic E-state index is 0.151. The third-order valence-electron chi connectivity index (χ3n) is 3.42. The van der Waals surface area contributed by atoms with Crippen molar-refractivity contribution in [2.45, 2.75) is 50.0 Å². The topological polar surface area (TPSA) is 52.0 Å².